The summed E-state index contributed by atoms with van der Waals surface area (Å²) in [5.74, 6) is -2.03. The van der Waals surface area contributed by atoms with Crippen LogP contribution in [0.1, 0.15) is 38.2 Å². The summed E-state index contributed by atoms with van der Waals surface area (Å²) in [5.41, 5.74) is 1.20. The van der Waals surface area contributed by atoms with Crippen LogP contribution < -0.4 is 4.74 Å². The van der Waals surface area contributed by atoms with E-state index in [1.165, 1.54) is 5.56 Å². The number of carbonyl (C=O) groups excluding carboxylic acids is 1. The molecule has 0 radical (unpaired) electrons. The summed E-state index contributed by atoms with van der Waals surface area (Å²) in [7, 11) is 0. The van der Waals surface area contributed by atoms with Crippen LogP contribution in [0.3, 0.4) is 0 Å². The first-order valence-electron chi connectivity index (χ1n) is 9.98. The maximum atomic E-state index is 13.0. The summed E-state index contributed by atoms with van der Waals surface area (Å²) in [5, 5.41) is 13.4. The average molecular weight is 376 g/mol. The minimum absolute atomic E-state index is 0.424. The average Bonchev–Trinajstić information content (AvgIpc) is 2.73. The van der Waals surface area contributed by atoms with Gasteiger partial charge in [0.05, 0.1) is 11.8 Å². The molecular weight excluding hydrogens is 352 g/mol. The Labute approximate surface area is 164 Å². The smallest absolute Gasteiger partial charge is 0.315 e. The minimum Gasteiger partial charge on any atom is -0.481 e. The minimum atomic E-state index is -0.905. The van der Waals surface area contributed by atoms with E-state index in [4.69, 9.17) is 4.74 Å². The highest BCUT2D eigenvalue weighted by Crippen LogP contribution is 2.38. The first kappa shape index (κ1) is 18.5. The van der Waals surface area contributed by atoms with Crippen molar-refractivity contribution >= 4 is 33.5 Å². The van der Waals surface area contributed by atoms with Crippen molar-refractivity contribution in [3.05, 3.63) is 54.1 Å². The standard InChI is InChI=1S/C24H24O4/c1-2-15-9-7-13-18-21(15)14-16-8-3-4-10-17(16)22(18)28-24(27)20-12-6-5-11-19(20)23(25)26/h3-4,7-10,13-14,19-20H,2,5-6,11-12H2,1H3,(H,25,26). The second-order valence-electron chi connectivity index (χ2n) is 7.55. The van der Waals surface area contributed by atoms with Crippen LogP contribution in [0, 0.1) is 11.8 Å². The van der Waals surface area contributed by atoms with Crippen molar-refractivity contribution < 1.29 is 19.4 Å². The maximum absolute atomic E-state index is 13.0. The van der Waals surface area contributed by atoms with Crippen LogP contribution in [-0.2, 0) is 16.0 Å². The van der Waals surface area contributed by atoms with Crippen molar-refractivity contribution in [3.8, 4) is 5.75 Å². The molecule has 1 aliphatic carbocycles. The highest BCUT2D eigenvalue weighted by Gasteiger charge is 2.37. The largest absolute Gasteiger partial charge is 0.481 e. The lowest BCUT2D eigenvalue weighted by Gasteiger charge is -2.27. The molecule has 0 amide bonds. The van der Waals surface area contributed by atoms with Gasteiger partial charge in [0.15, 0.2) is 0 Å². The number of esters is 1. The molecule has 1 aliphatic rings. The number of ether oxygens (including phenoxy) is 1. The third kappa shape index (κ3) is 3.24. The normalized spacial score (nSPS) is 19.6. The van der Waals surface area contributed by atoms with Gasteiger partial charge in [-0.2, -0.15) is 0 Å². The van der Waals surface area contributed by atoms with Crippen LogP contribution in [0.5, 0.6) is 5.75 Å². The van der Waals surface area contributed by atoms with Crippen molar-refractivity contribution in [2.75, 3.05) is 0 Å². The molecule has 0 saturated heterocycles. The summed E-state index contributed by atoms with van der Waals surface area (Å²) in [4.78, 5) is 24.7. The van der Waals surface area contributed by atoms with Gasteiger partial charge in [-0.05, 0) is 41.7 Å². The lowest BCUT2D eigenvalue weighted by Crippen LogP contribution is -2.35. The van der Waals surface area contributed by atoms with Gasteiger partial charge in [-0.3, -0.25) is 9.59 Å². The molecule has 1 saturated carbocycles. The van der Waals surface area contributed by atoms with Crippen molar-refractivity contribution in [2.24, 2.45) is 11.8 Å². The number of hydrogen-bond acceptors (Lipinski definition) is 3. The van der Waals surface area contributed by atoms with Gasteiger partial charge in [0.1, 0.15) is 5.75 Å². The number of carbonyl (C=O) groups is 2. The summed E-state index contributed by atoms with van der Waals surface area (Å²) in [6.07, 6.45) is 3.69. The van der Waals surface area contributed by atoms with Gasteiger partial charge >= 0.3 is 11.9 Å². The van der Waals surface area contributed by atoms with E-state index in [-0.39, 0.29) is 0 Å². The highest BCUT2D eigenvalue weighted by atomic mass is 16.5. The molecule has 4 rings (SSSR count). The molecule has 4 heteroatoms. The van der Waals surface area contributed by atoms with E-state index in [2.05, 4.69) is 19.1 Å². The van der Waals surface area contributed by atoms with E-state index >= 15 is 0 Å². The van der Waals surface area contributed by atoms with E-state index in [1.54, 1.807) is 0 Å². The van der Waals surface area contributed by atoms with E-state index in [0.29, 0.717) is 18.6 Å². The Bertz CT molecular complexity index is 1050. The molecule has 3 aromatic rings. The van der Waals surface area contributed by atoms with Gasteiger partial charge in [-0.1, -0.05) is 62.2 Å². The third-order valence-corrected chi connectivity index (χ3v) is 5.92. The number of carboxylic acids is 1. The van der Waals surface area contributed by atoms with E-state index in [0.717, 1.165) is 40.8 Å². The predicted octanol–water partition coefficient (Wildman–Crippen LogP) is 5.35. The Morgan fingerprint density at radius 2 is 1.68 bits per heavy atom. The predicted molar refractivity (Wildman–Crippen MR) is 110 cm³/mol. The molecule has 0 aliphatic heterocycles. The van der Waals surface area contributed by atoms with Crippen molar-refractivity contribution in [1.82, 2.24) is 0 Å². The van der Waals surface area contributed by atoms with E-state index in [1.807, 2.05) is 36.4 Å². The second-order valence-corrected chi connectivity index (χ2v) is 7.55. The number of carboxylic acid groups (broad SMARTS) is 1. The fourth-order valence-corrected chi connectivity index (χ4v) is 4.41. The van der Waals surface area contributed by atoms with Crippen molar-refractivity contribution in [3.63, 3.8) is 0 Å². The molecule has 2 unspecified atom stereocenters. The number of fused-ring (bicyclic) bond motifs is 2. The molecular formula is C24H24O4. The highest BCUT2D eigenvalue weighted by molar-refractivity contribution is 6.07. The number of benzene rings is 3. The number of hydrogen-bond donors (Lipinski definition) is 1. The first-order chi connectivity index (χ1) is 13.6. The molecule has 1 N–H and O–H groups in total. The number of aryl methyl sites for hydroxylation is 1. The summed E-state index contributed by atoms with van der Waals surface area (Å²) in [6.45, 7) is 2.11. The van der Waals surface area contributed by atoms with E-state index < -0.39 is 23.8 Å². The Morgan fingerprint density at radius 1 is 0.964 bits per heavy atom. The second kappa shape index (κ2) is 7.63. The van der Waals surface area contributed by atoms with Gasteiger partial charge in [-0.15, -0.1) is 0 Å². The molecule has 144 valence electrons. The SMILES string of the molecule is CCc1cccc2c(OC(=O)C3CCCCC3C(=O)O)c3ccccc3cc12. The third-order valence-electron chi connectivity index (χ3n) is 5.92. The summed E-state index contributed by atoms with van der Waals surface area (Å²) < 4.78 is 5.96. The molecule has 3 aromatic carbocycles. The molecule has 28 heavy (non-hydrogen) atoms. The molecule has 4 nitrogen and oxygen atoms in total. The fraction of sp³-hybridized carbons (Fsp3) is 0.333. The monoisotopic (exact) mass is 376 g/mol. The van der Waals surface area contributed by atoms with Crippen LogP contribution in [-0.4, -0.2) is 17.0 Å². The Kier molecular flexibility index (Phi) is 5.03. The fourth-order valence-electron chi connectivity index (χ4n) is 4.41. The molecule has 0 bridgehead atoms. The Hall–Kier alpha value is -2.88. The molecule has 0 spiro atoms. The number of aliphatic carboxylic acids is 1. The topological polar surface area (TPSA) is 63.6 Å². The van der Waals surface area contributed by atoms with Gasteiger partial charge in [-0.25, -0.2) is 0 Å². The summed E-state index contributed by atoms with van der Waals surface area (Å²) in [6, 6.07) is 16.0. The van der Waals surface area contributed by atoms with Crippen molar-refractivity contribution in [2.45, 2.75) is 39.0 Å². The Balaban J connectivity index is 1.82. The Morgan fingerprint density at radius 3 is 2.43 bits per heavy atom. The molecule has 1 fully saturated rings. The van der Waals surface area contributed by atoms with Crippen LogP contribution in [0.15, 0.2) is 48.5 Å². The molecule has 2 atom stereocenters. The lowest BCUT2D eigenvalue weighted by atomic mass is 9.79. The van der Waals surface area contributed by atoms with Crippen LogP contribution in [0.2, 0.25) is 0 Å². The summed E-state index contributed by atoms with van der Waals surface area (Å²) >= 11 is 0. The zero-order valence-corrected chi connectivity index (χ0v) is 16.0. The van der Waals surface area contributed by atoms with Crippen LogP contribution >= 0.6 is 0 Å². The quantitative estimate of drug-likeness (QED) is 0.379. The van der Waals surface area contributed by atoms with Gasteiger partial charge in [0.25, 0.3) is 0 Å². The first-order valence-corrected chi connectivity index (χ1v) is 9.98. The zero-order valence-electron chi connectivity index (χ0n) is 16.0. The van der Waals surface area contributed by atoms with Gasteiger partial charge < -0.3 is 9.84 Å². The number of rotatable bonds is 4. The zero-order chi connectivity index (χ0) is 19.7. The van der Waals surface area contributed by atoms with Crippen LogP contribution in [0.25, 0.3) is 21.5 Å². The van der Waals surface area contributed by atoms with Crippen molar-refractivity contribution in [1.29, 1.82) is 0 Å². The van der Waals surface area contributed by atoms with E-state index in [9.17, 15) is 14.7 Å². The van der Waals surface area contributed by atoms with Crippen LogP contribution in [0.4, 0.5) is 0 Å². The van der Waals surface area contributed by atoms with Gasteiger partial charge in [0, 0.05) is 10.8 Å². The molecule has 0 aromatic heterocycles. The molecule has 0 heterocycles. The van der Waals surface area contributed by atoms with Gasteiger partial charge in [0.2, 0.25) is 0 Å². The lowest BCUT2D eigenvalue weighted by molar-refractivity contribution is -0.153. The maximum Gasteiger partial charge on any atom is 0.315 e.